The molecular weight excluding hydrogens is 450 g/mol. The summed E-state index contributed by atoms with van der Waals surface area (Å²) in [5.74, 6) is -0.100. The molecule has 0 saturated carbocycles. The average Bonchev–Trinajstić information content (AvgIpc) is 2.83. The van der Waals surface area contributed by atoms with E-state index < -0.39 is 22.0 Å². The van der Waals surface area contributed by atoms with Gasteiger partial charge in [-0.15, -0.1) is 0 Å². The summed E-state index contributed by atoms with van der Waals surface area (Å²) in [6, 6.07) is 22.6. The molecule has 1 amide bonds. The van der Waals surface area contributed by atoms with Gasteiger partial charge in [0.05, 0.1) is 11.1 Å². The Bertz CT molecular complexity index is 1210. The molecule has 0 unspecified atom stereocenters. The summed E-state index contributed by atoms with van der Waals surface area (Å²) in [6.07, 6.45) is 1.49. The van der Waals surface area contributed by atoms with E-state index in [4.69, 9.17) is 4.74 Å². The molecule has 0 aliphatic carbocycles. The topological polar surface area (TPSA) is 96.9 Å². The van der Waals surface area contributed by atoms with E-state index in [9.17, 15) is 13.2 Å². The largest absolute Gasteiger partial charge is 0.489 e. The van der Waals surface area contributed by atoms with Gasteiger partial charge in [-0.1, -0.05) is 61.9 Å². The van der Waals surface area contributed by atoms with Crippen molar-refractivity contribution in [3.63, 3.8) is 0 Å². The Morgan fingerprint density at radius 3 is 2.24 bits per heavy atom. The van der Waals surface area contributed by atoms with Crippen molar-refractivity contribution in [1.29, 1.82) is 0 Å². The third kappa shape index (κ3) is 7.26. The Hall–Kier alpha value is -3.49. The van der Waals surface area contributed by atoms with E-state index in [0.717, 1.165) is 22.4 Å². The summed E-state index contributed by atoms with van der Waals surface area (Å²) in [5.41, 5.74) is 5.21. The van der Waals surface area contributed by atoms with Crippen LogP contribution in [0.2, 0.25) is 0 Å². The molecule has 0 saturated heterocycles. The zero-order chi connectivity index (χ0) is 24.6. The highest BCUT2D eigenvalue weighted by Gasteiger charge is 2.28. The van der Waals surface area contributed by atoms with Gasteiger partial charge in [0.15, 0.2) is 0 Å². The summed E-state index contributed by atoms with van der Waals surface area (Å²) in [6.45, 7) is 5.87. The lowest BCUT2D eigenvalue weighted by Crippen LogP contribution is -2.48. The van der Waals surface area contributed by atoms with Gasteiger partial charge in [0.25, 0.3) is 5.91 Å². The number of hydrazone groups is 1. The maximum atomic E-state index is 12.7. The number of sulfonamides is 1. The minimum Gasteiger partial charge on any atom is -0.489 e. The van der Waals surface area contributed by atoms with Crippen LogP contribution in [0.15, 0.2) is 88.9 Å². The Labute approximate surface area is 200 Å². The zero-order valence-corrected chi connectivity index (χ0v) is 20.2. The molecule has 7 nitrogen and oxygen atoms in total. The first-order valence-electron chi connectivity index (χ1n) is 10.9. The smallest absolute Gasteiger partial charge is 0.258 e. The number of nitrogens with zero attached hydrogens (tertiary/aromatic N) is 1. The standard InChI is InChI=1S/C26H29N3O4S/c1-19(2)25(29-34(31,32)24-15-9-20(3)10-16-24)26(30)28-27-17-21-11-13-23(14-12-21)33-18-22-7-5-4-6-8-22/h4-17,19,25,29H,18H2,1-3H3,(H,28,30)/b27-17-/t25-/m1/s1. The minimum absolute atomic E-state index is 0.106. The van der Waals surface area contributed by atoms with Crippen molar-refractivity contribution in [2.75, 3.05) is 0 Å². The highest BCUT2D eigenvalue weighted by atomic mass is 32.2. The molecular formula is C26H29N3O4S. The Balaban J connectivity index is 1.56. The molecule has 0 spiro atoms. The third-order valence-electron chi connectivity index (χ3n) is 5.08. The lowest BCUT2D eigenvalue weighted by atomic mass is 10.1. The molecule has 3 aromatic rings. The molecule has 1 atom stereocenters. The molecule has 0 heterocycles. The van der Waals surface area contributed by atoms with Crippen LogP contribution in [0, 0.1) is 12.8 Å². The lowest BCUT2D eigenvalue weighted by Gasteiger charge is -2.20. The third-order valence-corrected chi connectivity index (χ3v) is 6.54. The maximum absolute atomic E-state index is 12.7. The van der Waals surface area contributed by atoms with Gasteiger partial charge in [-0.25, -0.2) is 13.8 Å². The van der Waals surface area contributed by atoms with Crippen LogP contribution >= 0.6 is 0 Å². The second-order valence-electron chi connectivity index (χ2n) is 8.23. The van der Waals surface area contributed by atoms with Crippen molar-refractivity contribution >= 4 is 22.1 Å². The summed E-state index contributed by atoms with van der Waals surface area (Å²) in [5, 5.41) is 3.98. The molecule has 0 bridgehead atoms. The Morgan fingerprint density at radius 2 is 1.62 bits per heavy atom. The van der Waals surface area contributed by atoms with E-state index in [0.29, 0.717) is 6.61 Å². The van der Waals surface area contributed by atoms with Gasteiger partial charge in [0.1, 0.15) is 18.4 Å². The Kier molecular flexibility index (Phi) is 8.56. The minimum atomic E-state index is -3.85. The summed E-state index contributed by atoms with van der Waals surface area (Å²) >= 11 is 0. The first-order valence-corrected chi connectivity index (χ1v) is 12.4. The molecule has 3 rings (SSSR count). The molecule has 2 N–H and O–H groups in total. The molecule has 0 fully saturated rings. The van der Waals surface area contributed by atoms with Crippen molar-refractivity contribution < 1.29 is 17.9 Å². The normalized spacial score (nSPS) is 12.6. The van der Waals surface area contributed by atoms with Crippen LogP contribution < -0.4 is 14.9 Å². The number of rotatable bonds is 10. The fraction of sp³-hybridized carbons (Fsp3) is 0.231. The molecule has 0 aliphatic rings. The first kappa shape index (κ1) is 25.1. The molecule has 8 heteroatoms. The second kappa shape index (κ2) is 11.6. The van der Waals surface area contributed by atoms with Gasteiger partial charge < -0.3 is 4.74 Å². The average molecular weight is 480 g/mol. The van der Waals surface area contributed by atoms with E-state index in [1.165, 1.54) is 18.3 Å². The van der Waals surface area contributed by atoms with E-state index in [1.807, 2.05) is 61.5 Å². The monoisotopic (exact) mass is 479 g/mol. The number of aryl methyl sites for hydroxylation is 1. The van der Waals surface area contributed by atoms with Crippen molar-refractivity contribution in [1.82, 2.24) is 10.1 Å². The van der Waals surface area contributed by atoms with Crippen molar-refractivity contribution in [2.45, 2.75) is 38.3 Å². The molecule has 34 heavy (non-hydrogen) atoms. The maximum Gasteiger partial charge on any atom is 0.258 e. The first-order chi connectivity index (χ1) is 16.2. The van der Waals surface area contributed by atoms with E-state index in [2.05, 4.69) is 15.2 Å². The number of benzene rings is 3. The van der Waals surface area contributed by atoms with Crippen LogP contribution in [-0.4, -0.2) is 26.6 Å². The van der Waals surface area contributed by atoms with Crippen LogP contribution in [0.4, 0.5) is 0 Å². The predicted octanol–water partition coefficient (Wildman–Crippen LogP) is 4.03. The number of nitrogens with one attached hydrogen (secondary N) is 2. The van der Waals surface area contributed by atoms with Crippen LogP contribution in [0.3, 0.4) is 0 Å². The number of ether oxygens (including phenoxy) is 1. The van der Waals surface area contributed by atoms with Crippen molar-refractivity contribution in [3.05, 3.63) is 95.6 Å². The summed E-state index contributed by atoms with van der Waals surface area (Å²) < 4.78 is 33.6. The van der Waals surface area contributed by atoms with E-state index in [-0.39, 0.29) is 10.8 Å². The van der Waals surface area contributed by atoms with Gasteiger partial charge in [0, 0.05) is 0 Å². The summed E-state index contributed by atoms with van der Waals surface area (Å²) in [7, 11) is -3.85. The number of hydrogen-bond acceptors (Lipinski definition) is 5. The van der Waals surface area contributed by atoms with Gasteiger partial charge in [-0.2, -0.15) is 9.82 Å². The zero-order valence-electron chi connectivity index (χ0n) is 19.4. The molecule has 3 aromatic carbocycles. The SMILES string of the molecule is Cc1ccc(S(=O)(=O)N[C@@H](C(=O)N/N=C\c2ccc(OCc3ccccc3)cc2)C(C)C)cc1. The van der Waals surface area contributed by atoms with Gasteiger partial charge >= 0.3 is 0 Å². The molecule has 0 radical (unpaired) electrons. The van der Waals surface area contributed by atoms with Gasteiger partial charge in [-0.3, -0.25) is 4.79 Å². The Morgan fingerprint density at radius 1 is 0.971 bits per heavy atom. The van der Waals surface area contributed by atoms with Gasteiger partial charge in [0.2, 0.25) is 10.0 Å². The quantitative estimate of drug-likeness (QED) is 0.339. The van der Waals surface area contributed by atoms with Crippen LogP contribution in [0.5, 0.6) is 5.75 Å². The van der Waals surface area contributed by atoms with Crippen LogP contribution in [0.25, 0.3) is 0 Å². The van der Waals surface area contributed by atoms with Crippen LogP contribution in [0.1, 0.15) is 30.5 Å². The fourth-order valence-corrected chi connectivity index (χ4v) is 4.42. The predicted molar refractivity (Wildman–Crippen MR) is 133 cm³/mol. The highest BCUT2D eigenvalue weighted by Crippen LogP contribution is 2.14. The van der Waals surface area contributed by atoms with Gasteiger partial charge in [-0.05, 0) is 60.4 Å². The van der Waals surface area contributed by atoms with E-state index >= 15 is 0 Å². The number of carbonyl (C=O) groups is 1. The number of hydrogen-bond donors (Lipinski definition) is 2. The summed E-state index contributed by atoms with van der Waals surface area (Å²) in [4.78, 5) is 12.7. The number of carbonyl (C=O) groups excluding carboxylic acids is 1. The second-order valence-corrected chi connectivity index (χ2v) is 9.95. The highest BCUT2D eigenvalue weighted by molar-refractivity contribution is 7.89. The molecule has 178 valence electrons. The van der Waals surface area contributed by atoms with Crippen LogP contribution in [-0.2, 0) is 21.4 Å². The fourth-order valence-electron chi connectivity index (χ4n) is 3.08. The van der Waals surface area contributed by atoms with E-state index in [1.54, 1.807) is 26.0 Å². The molecule has 0 aromatic heterocycles. The number of amides is 1. The van der Waals surface area contributed by atoms with Crippen molar-refractivity contribution in [2.24, 2.45) is 11.0 Å². The van der Waals surface area contributed by atoms with Crippen molar-refractivity contribution in [3.8, 4) is 5.75 Å². The molecule has 0 aliphatic heterocycles. The lowest BCUT2D eigenvalue weighted by molar-refractivity contribution is -0.123.